The fourth-order valence-electron chi connectivity index (χ4n) is 2.71. The lowest BCUT2D eigenvalue weighted by Gasteiger charge is -2.11. The highest BCUT2D eigenvalue weighted by molar-refractivity contribution is 5.80. The number of pyridine rings is 2. The maximum Gasteiger partial charge on any atom is 0.259 e. The lowest BCUT2D eigenvalue weighted by Crippen LogP contribution is -2.14. The fraction of sp³-hybridized carbons (Fsp3) is 0.0909. The molecule has 0 atom stereocenters. The molecule has 0 aliphatic carbocycles. The van der Waals surface area contributed by atoms with Gasteiger partial charge in [0.2, 0.25) is 0 Å². The SMILES string of the molecule is CC.O=c1[nH]c(-c2cccnc2)nc(-c2cccnc2)c1-c1ccc(F)cc1. The monoisotopic (exact) mass is 374 g/mol. The number of benzene rings is 1. The molecule has 4 rings (SSSR count). The molecule has 28 heavy (non-hydrogen) atoms. The molecule has 0 bridgehead atoms. The van der Waals surface area contributed by atoms with E-state index in [0.717, 1.165) is 0 Å². The van der Waals surface area contributed by atoms with Gasteiger partial charge in [0.15, 0.2) is 0 Å². The molecule has 140 valence electrons. The number of nitrogens with one attached hydrogen (secondary N) is 1. The molecule has 0 amide bonds. The lowest BCUT2D eigenvalue weighted by atomic mass is 10.0. The molecular formula is C22H19FN4O. The summed E-state index contributed by atoms with van der Waals surface area (Å²) in [6.07, 6.45) is 6.57. The predicted molar refractivity (Wildman–Crippen MR) is 108 cm³/mol. The molecule has 4 aromatic rings. The summed E-state index contributed by atoms with van der Waals surface area (Å²) in [7, 11) is 0. The van der Waals surface area contributed by atoms with Gasteiger partial charge < -0.3 is 4.98 Å². The van der Waals surface area contributed by atoms with Crippen molar-refractivity contribution in [3.05, 3.63) is 89.5 Å². The van der Waals surface area contributed by atoms with Crippen LogP contribution in [0.25, 0.3) is 33.8 Å². The number of hydrogen-bond acceptors (Lipinski definition) is 4. The Hall–Kier alpha value is -3.67. The maximum atomic E-state index is 13.3. The van der Waals surface area contributed by atoms with E-state index in [4.69, 9.17) is 0 Å². The Morgan fingerprint density at radius 1 is 0.821 bits per heavy atom. The van der Waals surface area contributed by atoms with Gasteiger partial charge in [-0.3, -0.25) is 14.8 Å². The van der Waals surface area contributed by atoms with Crippen LogP contribution in [0.5, 0.6) is 0 Å². The Labute approximate surface area is 162 Å². The summed E-state index contributed by atoms with van der Waals surface area (Å²) < 4.78 is 13.3. The van der Waals surface area contributed by atoms with E-state index >= 15 is 0 Å². The van der Waals surface area contributed by atoms with Crippen molar-refractivity contribution in [3.63, 3.8) is 0 Å². The zero-order chi connectivity index (χ0) is 19.9. The lowest BCUT2D eigenvalue weighted by molar-refractivity contribution is 0.628. The maximum absolute atomic E-state index is 13.3. The largest absolute Gasteiger partial charge is 0.306 e. The third-order valence-electron chi connectivity index (χ3n) is 3.92. The molecule has 0 spiro atoms. The van der Waals surface area contributed by atoms with E-state index in [1.54, 1.807) is 49.1 Å². The van der Waals surface area contributed by atoms with Crippen LogP contribution in [0.15, 0.2) is 78.1 Å². The average Bonchev–Trinajstić information content (AvgIpc) is 2.77. The predicted octanol–water partition coefficient (Wildman–Crippen LogP) is 4.73. The van der Waals surface area contributed by atoms with Crippen LogP contribution in [0.3, 0.4) is 0 Å². The molecule has 0 aliphatic heterocycles. The number of aromatic amines is 1. The fourth-order valence-corrected chi connectivity index (χ4v) is 2.71. The molecule has 0 unspecified atom stereocenters. The van der Waals surface area contributed by atoms with Crippen LogP contribution in [0, 0.1) is 5.82 Å². The average molecular weight is 374 g/mol. The summed E-state index contributed by atoms with van der Waals surface area (Å²) >= 11 is 0. The topological polar surface area (TPSA) is 71.5 Å². The van der Waals surface area contributed by atoms with E-state index in [-0.39, 0.29) is 11.4 Å². The summed E-state index contributed by atoms with van der Waals surface area (Å²) in [5, 5.41) is 0. The Morgan fingerprint density at radius 3 is 2.00 bits per heavy atom. The Morgan fingerprint density at radius 2 is 1.43 bits per heavy atom. The third-order valence-corrected chi connectivity index (χ3v) is 3.92. The standard InChI is InChI=1S/C20H13FN4O.C2H6/c21-16-7-5-13(6-8-16)17-18(14-3-1-9-22-11-14)24-19(25-20(17)26)15-4-2-10-23-12-15;1-2/h1-12H,(H,24,25,26);1-2H3. The van der Waals surface area contributed by atoms with Gasteiger partial charge in [-0.1, -0.05) is 26.0 Å². The van der Waals surface area contributed by atoms with Gasteiger partial charge in [0, 0.05) is 35.9 Å². The van der Waals surface area contributed by atoms with E-state index < -0.39 is 0 Å². The van der Waals surface area contributed by atoms with Gasteiger partial charge in [-0.15, -0.1) is 0 Å². The highest BCUT2D eigenvalue weighted by Crippen LogP contribution is 2.28. The van der Waals surface area contributed by atoms with Gasteiger partial charge in [0.1, 0.15) is 11.6 Å². The Kier molecular flexibility index (Phi) is 6.01. The molecule has 0 aliphatic rings. The van der Waals surface area contributed by atoms with Gasteiger partial charge >= 0.3 is 0 Å². The van der Waals surface area contributed by atoms with Crippen molar-refractivity contribution < 1.29 is 4.39 Å². The molecule has 1 N–H and O–H groups in total. The second-order valence-electron chi connectivity index (χ2n) is 5.63. The smallest absolute Gasteiger partial charge is 0.259 e. The highest BCUT2D eigenvalue weighted by Gasteiger charge is 2.16. The number of H-pyrrole nitrogens is 1. The van der Waals surface area contributed by atoms with E-state index in [1.165, 1.54) is 12.1 Å². The van der Waals surface area contributed by atoms with Crippen molar-refractivity contribution in [2.24, 2.45) is 0 Å². The van der Waals surface area contributed by atoms with Crippen molar-refractivity contribution in [1.29, 1.82) is 0 Å². The van der Waals surface area contributed by atoms with Crippen molar-refractivity contribution in [1.82, 2.24) is 19.9 Å². The molecule has 3 heterocycles. The van der Waals surface area contributed by atoms with E-state index in [2.05, 4.69) is 19.9 Å². The first kappa shape index (κ1) is 19.1. The van der Waals surface area contributed by atoms with Crippen LogP contribution < -0.4 is 5.56 Å². The Bertz CT molecular complexity index is 1090. The number of hydrogen-bond donors (Lipinski definition) is 1. The minimum absolute atomic E-state index is 0.315. The molecular weight excluding hydrogens is 355 g/mol. The van der Waals surface area contributed by atoms with Gasteiger partial charge in [-0.25, -0.2) is 9.37 Å². The zero-order valence-electron chi connectivity index (χ0n) is 15.6. The van der Waals surface area contributed by atoms with Crippen LogP contribution in [0.1, 0.15) is 13.8 Å². The molecule has 6 heteroatoms. The van der Waals surface area contributed by atoms with Crippen LogP contribution in [0.4, 0.5) is 4.39 Å². The van der Waals surface area contributed by atoms with Crippen LogP contribution in [-0.4, -0.2) is 19.9 Å². The first-order chi connectivity index (χ1) is 13.7. The highest BCUT2D eigenvalue weighted by atomic mass is 19.1. The molecule has 0 saturated carbocycles. The number of aromatic nitrogens is 4. The van der Waals surface area contributed by atoms with Crippen LogP contribution in [-0.2, 0) is 0 Å². The summed E-state index contributed by atoms with van der Waals surface area (Å²) in [4.78, 5) is 28.5. The van der Waals surface area contributed by atoms with Gasteiger partial charge in [0.05, 0.1) is 11.3 Å². The summed E-state index contributed by atoms with van der Waals surface area (Å²) in [5.74, 6) is 0.0425. The first-order valence-electron chi connectivity index (χ1n) is 8.93. The van der Waals surface area contributed by atoms with Crippen molar-refractivity contribution >= 4 is 0 Å². The van der Waals surface area contributed by atoms with Gasteiger partial charge in [0.25, 0.3) is 5.56 Å². The van der Waals surface area contributed by atoms with Crippen molar-refractivity contribution in [2.45, 2.75) is 13.8 Å². The van der Waals surface area contributed by atoms with E-state index in [0.29, 0.717) is 33.8 Å². The minimum atomic E-state index is -0.368. The third kappa shape index (κ3) is 4.01. The summed E-state index contributed by atoms with van der Waals surface area (Å²) in [6, 6.07) is 12.9. The van der Waals surface area contributed by atoms with Crippen molar-refractivity contribution in [2.75, 3.05) is 0 Å². The second kappa shape index (κ2) is 8.81. The molecule has 5 nitrogen and oxygen atoms in total. The van der Waals surface area contributed by atoms with Crippen molar-refractivity contribution in [3.8, 4) is 33.8 Å². The van der Waals surface area contributed by atoms with Crippen LogP contribution >= 0.6 is 0 Å². The Balaban J connectivity index is 0.00000109. The van der Waals surface area contributed by atoms with Crippen LogP contribution in [0.2, 0.25) is 0 Å². The summed E-state index contributed by atoms with van der Waals surface area (Å²) in [5.41, 5.74) is 2.50. The summed E-state index contributed by atoms with van der Waals surface area (Å²) in [6.45, 7) is 4.00. The van der Waals surface area contributed by atoms with E-state index in [9.17, 15) is 9.18 Å². The molecule has 0 radical (unpaired) electrons. The normalized spacial score (nSPS) is 10.1. The molecule has 0 fully saturated rings. The minimum Gasteiger partial charge on any atom is -0.306 e. The number of rotatable bonds is 3. The van der Waals surface area contributed by atoms with E-state index in [1.807, 2.05) is 26.0 Å². The molecule has 3 aromatic heterocycles. The first-order valence-corrected chi connectivity index (χ1v) is 8.93. The van der Waals surface area contributed by atoms with Gasteiger partial charge in [-0.2, -0.15) is 0 Å². The molecule has 0 saturated heterocycles. The number of halogens is 1. The van der Waals surface area contributed by atoms with Gasteiger partial charge in [-0.05, 0) is 42.0 Å². The molecule has 1 aromatic carbocycles. The second-order valence-corrected chi connectivity index (χ2v) is 5.63. The quantitative estimate of drug-likeness (QED) is 0.563. The number of nitrogens with zero attached hydrogens (tertiary/aromatic N) is 3. The zero-order valence-corrected chi connectivity index (χ0v) is 15.6.